The number of unbranched alkanes of at least 4 members (excludes halogenated alkanes) is 2. The average molecular weight is 141 g/mol. The van der Waals surface area contributed by atoms with Gasteiger partial charge in [-0.1, -0.05) is 25.8 Å². The Kier molecular flexibility index (Phi) is 6.35. The van der Waals surface area contributed by atoms with Crippen LogP contribution in [0.25, 0.3) is 0 Å². The van der Waals surface area contributed by atoms with Gasteiger partial charge >= 0.3 is 0 Å². The molecule has 0 bridgehead atoms. The summed E-state index contributed by atoms with van der Waals surface area (Å²) in [5.74, 6) is 0. The van der Waals surface area contributed by atoms with E-state index in [1.807, 2.05) is 0 Å². The second-order valence-electron chi connectivity index (χ2n) is 2.67. The summed E-state index contributed by atoms with van der Waals surface area (Å²) in [5.41, 5.74) is 0. The van der Waals surface area contributed by atoms with Gasteiger partial charge in [-0.2, -0.15) is 0 Å². The molecule has 1 heteroatoms. The first-order valence-corrected chi connectivity index (χ1v) is 4.14. The van der Waals surface area contributed by atoms with Gasteiger partial charge < -0.3 is 4.90 Å². The number of hydrogen-bond donors (Lipinski definition) is 0. The lowest BCUT2D eigenvalue weighted by Gasteiger charge is -2.12. The van der Waals surface area contributed by atoms with E-state index in [2.05, 4.69) is 38.1 Å². The van der Waals surface area contributed by atoms with Gasteiger partial charge in [-0.3, -0.25) is 0 Å². The maximum absolute atomic E-state index is 2.23. The molecule has 10 heavy (non-hydrogen) atoms. The van der Waals surface area contributed by atoms with Gasteiger partial charge in [-0.25, -0.2) is 0 Å². The molecule has 60 valence electrons. The zero-order valence-electron chi connectivity index (χ0n) is 7.43. The molecule has 0 fully saturated rings. The van der Waals surface area contributed by atoms with Crippen molar-refractivity contribution in [3.05, 3.63) is 12.3 Å². The third-order valence-corrected chi connectivity index (χ3v) is 1.52. The van der Waals surface area contributed by atoms with Crippen LogP contribution in [-0.2, 0) is 0 Å². The van der Waals surface area contributed by atoms with E-state index in [1.165, 1.54) is 25.8 Å². The molecule has 0 aromatic rings. The van der Waals surface area contributed by atoms with Gasteiger partial charge in [-0.15, -0.1) is 0 Å². The Labute approximate surface area is 64.7 Å². The molecule has 0 aliphatic heterocycles. The molecular weight excluding hydrogens is 122 g/mol. The lowest BCUT2D eigenvalue weighted by atomic mass is 10.2. The molecule has 0 aliphatic carbocycles. The van der Waals surface area contributed by atoms with Gasteiger partial charge in [-0.05, 0) is 19.5 Å². The predicted molar refractivity (Wildman–Crippen MR) is 47.0 cm³/mol. The van der Waals surface area contributed by atoms with E-state index in [4.69, 9.17) is 0 Å². The van der Waals surface area contributed by atoms with E-state index in [0.717, 1.165) is 0 Å². The zero-order chi connectivity index (χ0) is 7.82. The highest BCUT2D eigenvalue weighted by Gasteiger charge is 1.88. The maximum Gasteiger partial charge on any atom is 0.0169 e. The lowest BCUT2D eigenvalue weighted by molar-refractivity contribution is 0.434. The predicted octanol–water partition coefficient (Wildman–Crippen LogP) is 2.64. The fourth-order valence-electron chi connectivity index (χ4n) is 0.940. The van der Waals surface area contributed by atoms with Crippen molar-refractivity contribution in [3.8, 4) is 0 Å². The SMILES string of the molecule is C/C=C/N(C)CCCCC. The highest BCUT2D eigenvalue weighted by molar-refractivity contribution is 4.75. The Morgan fingerprint density at radius 2 is 2.00 bits per heavy atom. The van der Waals surface area contributed by atoms with Crippen molar-refractivity contribution in [2.45, 2.75) is 33.1 Å². The summed E-state index contributed by atoms with van der Waals surface area (Å²) < 4.78 is 0. The van der Waals surface area contributed by atoms with Crippen molar-refractivity contribution in [1.82, 2.24) is 4.90 Å². The molecule has 0 aromatic carbocycles. The number of allylic oxidation sites excluding steroid dienone is 1. The lowest BCUT2D eigenvalue weighted by Crippen LogP contribution is -2.11. The van der Waals surface area contributed by atoms with Gasteiger partial charge in [0, 0.05) is 13.6 Å². The zero-order valence-corrected chi connectivity index (χ0v) is 7.43. The van der Waals surface area contributed by atoms with E-state index in [1.54, 1.807) is 0 Å². The maximum atomic E-state index is 2.23. The molecule has 0 N–H and O–H groups in total. The molecular formula is C9H19N. The molecule has 0 heterocycles. The minimum atomic E-state index is 1.19. The molecule has 0 radical (unpaired) electrons. The first kappa shape index (κ1) is 9.54. The van der Waals surface area contributed by atoms with Gasteiger partial charge in [0.2, 0.25) is 0 Å². The van der Waals surface area contributed by atoms with Crippen molar-refractivity contribution in [2.24, 2.45) is 0 Å². The van der Waals surface area contributed by atoms with Crippen LogP contribution >= 0.6 is 0 Å². The monoisotopic (exact) mass is 141 g/mol. The van der Waals surface area contributed by atoms with Gasteiger partial charge in [0.15, 0.2) is 0 Å². The van der Waals surface area contributed by atoms with E-state index < -0.39 is 0 Å². The van der Waals surface area contributed by atoms with E-state index in [-0.39, 0.29) is 0 Å². The third-order valence-electron chi connectivity index (χ3n) is 1.52. The summed E-state index contributed by atoms with van der Waals surface area (Å²) in [6.45, 7) is 5.48. The van der Waals surface area contributed by atoms with E-state index in [9.17, 15) is 0 Å². The molecule has 1 nitrogen and oxygen atoms in total. The second kappa shape index (κ2) is 6.66. The van der Waals surface area contributed by atoms with Crippen LogP contribution in [0.15, 0.2) is 12.3 Å². The smallest absolute Gasteiger partial charge is 0.0169 e. The van der Waals surface area contributed by atoms with Crippen LogP contribution in [-0.4, -0.2) is 18.5 Å². The highest BCUT2D eigenvalue weighted by Crippen LogP contribution is 1.95. The van der Waals surface area contributed by atoms with Crippen LogP contribution in [0.1, 0.15) is 33.1 Å². The summed E-state index contributed by atoms with van der Waals surface area (Å²) in [6, 6.07) is 0. The molecule has 0 atom stereocenters. The summed E-state index contributed by atoms with van der Waals surface area (Å²) >= 11 is 0. The van der Waals surface area contributed by atoms with Crippen molar-refractivity contribution in [2.75, 3.05) is 13.6 Å². The van der Waals surface area contributed by atoms with Crippen LogP contribution in [0.5, 0.6) is 0 Å². The Balaban J connectivity index is 3.13. The number of nitrogens with zero attached hydrogens (tertiary/aromatic N) is 1. The summed E-state index contributed by atoms with van der Waals surface area (Å²) in [6.07, 6.45) is 8.17. The minimum Gasteiger partial charge on any atom is -0.381 e. The fraction of sp³-hybridized carbons (Fsp3) is 0.778. The molecule has 0 saturated carbocycles. The first-order valence-electron chi connectivity index (χ1n) is 4.14. The van der Waals surface area contributed by atoms with Crippen molar-refractivity contribution >= 4 is 0 Å². The Bertz CT molecular complexity index is 86.7. The molecule has 0 saturated heterocycles. The van der Waals surface area contributed by atoms with Crippen LogP contribution in [0, 0.1) is 0 Å². The van der Waals surface area contributed by atoms with E-state index >= 15 is 0 Å². The highest BCUT2D eigenvalue weighted by atomic mass is 15.1. The van der Waals surface area contributed by atoms with Gasteiger partial charge in [0.25, 0.3) is 0 Å². The van der Waals surface area contributed by atoms with Crippen molar-refractivity contribution in [3.63, 3.8) is 0 Å². The van der Waals surface area contributed by atoms with Crippen LogP contribution in [0.2, 0.25) is 0 Å². The Hall–Kier alpha value is -0.460. The van der Waals surface area contributed by atoms with Gasteiger partial charge in [0.1, 0.15) is 0 Å². The molecule has 0 aromatic heterocycles. The van der Waals surface area contributed by atoms with Crippen LogP contribution in [0.4, 0.5) is 0 Å². The number of rotatable bonds is 5. The molecule has 0 spiro atoms. The molecule has 0 amide bonds. The van der Waals surface area contributed by atoms with Crippen LogP contribution in [0.3, 0.4) is 0 Å². The van der Waals surface area contributed by atoms with Crippen LogP contribution < -0.4 is 0 Å². The third kappa shape index (κ3) is 5.67. The second-order valence-corrected chi connectivity index (χ2v) is 2.67. The fourth-order valence-corrected chi connectivity index (χ4v) is 0.940. The van der Waals surface area contributed by atoms with E-state index in [0.29, 0.717) is 0 Å². The molecule has 0 unspecified atom stereocenters. The standard InChI is InChI=1S/C9H19N/c1-4-6-7-9-10(3)8-5-2/h5,8H,4,6-7,9H2,1-3H3/b8-5+. The largest absolute Gasteiger partial charge is 0.381 e. The first-order chi connectivity index (χ1) is 4.81. The summed E-state index contributed by atoms with van der Waals surface area (Å²) in [4.78, 5) is 2.23. The van der Waals surface area contributed by atoms with Crippen molar-refractivity contribution in [1.29, 1.82) is 0 Å². The Morgan fingerprint density at radius 3 is 2.50 bits per heavy atom. The normalized spacial score (nSPS) is 10.7. The summed E-state index contributed by atoms with van der Waals surface area (Å²) in [7, 11) is 2.12. The molecule has 0 aliphatic rings. The van der Waals surface area contributed by atoms with Gasteiger partial charge in [0.05, 0.1) is 0 Å². The molecule has 0 rings (SSSR count). The minimum absolute atomic E-state index is 1.19. The average Bonchev–Trinajstić information content (AvgIpc) is 1.89. The van der Waals surface area contributed by atoms with Crippen molar-refractivity contribution < 1.29 is 0 Å². The number of hydrogen-bond acceptors (Lipinski definition) is 1. The quantitative estimate of drug-likeness (QED) is 0.532. The Morgan fingerprint density at radius 1 is 1.30 bits per heavy atom. The topological polar surface area (TPSA) is 3.24 Å². The summed E-state index contributed by atoms with van der Waals surface area (Å²) in [5, 5.41) is 0.